The van der Waals surface area contributed by atoms with Crippen LogP contribution in [0.4, 0.5) is 5.82 Å². The molecular formula is C15H20ClN3O8. The average molecular weight is 406 g/mol. The van der Waals surface area contributed by atoms with E-state index in [1.54, 1.807) is 0 Å². The molecule has 1 unspecified atom stereocenters. The number of ether oxygens (including phenoxy) is 4. The van der Waals surface area contributed by atoms with Crippen LogP contribution in [0, 0.1) is 0 Å². The van der Waals surface area contributed by atoms with Crippen molar-refractivity contribution in [1.29, 1.82) is 0 Å². The summed E-state index contributed by atoms with van der Waals surface area (Å²) < 4.78 is 22.1. The van der Waals surface area contributed by atoms with Gasteiger partial charge in [0, 0.05) is 27.0 Å². The van der Waals surface area contributed by atoms with E-state index in [9.17, 15) is 19.2 Å². The Bertz CT molecular complexity index is 768. The van der Waals surface area contributed by atoms with Crippen LogP contribution >= 0.6 is 12.4 Å². The second-order valence-corrected chi connectivity index (χ2v) is 5.56. The summed E-state index contributed by atoms with van der Waals surface area (Å²) in [7, 11) is 0. The Balaban J connectivity index is 0.00000364. The topological polar surface area (TPSA) is 149 Å². The highest BCUT2D eigenvalue weighted by atomic mass is 35.5. The molecule has 27 heavy (non-hydrogen) atoms. The first-order valence-electron chi connectivity index (χ1n) is 7.67. The van der Waals surface area contributed by atoms with E-state index >= 15 is 0 Å². The van der Waals surface area contributed by atoms with Crippen LogP contribution in [0.1, 0.15) is 27.0 Å². The van der Waals surface area contributed by atoms with Crippen LogP contribution in [0.2, 0.25) is 0 Å². The monoisotopic (exact) mass is 405 g/mol. The van der Waals surface area contributed by atoms with Gasteiger partial charge in [-0.3, -0.25) is 19.0 Å². The van der Waals surface area contributed by atoms with E-state index in [4.69, 9.17) is 24.7 Å². The predicted molar refractivity (Wildman–Crippen MR) is 91.8 cm³/mol. The van der Waals surface area contributed by atoms with Crippen molar-refractivity contribution >= 4 is 36.1 Å². The van der Waals surface area contributed by atoms with Gasteiger partial charge in [-0.1, -0.05) is 0 Å². The van der Waals surface area contributed by atoms with Gasteiger partial charge in [0.05, 0.1) is 0 Å². The average Bonchev–Trinajstić information content (AvgIpc) is 2.82. The maximum absolute atomic E-state index is 12.1. The zero-order chi connectivity index (χ0) is 19.4. The lowest BCUT2D eigenvalue weighted by Gasteiger charge is -2.23. The lowest BCUT2D eigenvalue weighted by atomic mass is 10.1. The zero-order valence-electron chi connectivity index (χ0n) is 14.8. The van der Waals surface area contributed by atoms with E-state index in [1.165, 1.54) is 19.2 Å². The van der Waals surface area contributed by atoms with Crippen molar-refractivity contribution in [1.82, 2.24) is 9.55 Å². The molecule has 2 N–H and O–H groups in total. The van der Waals surface area contributed by atoms with Crippen LogP contribution in [0.3, 0.4) is 0 Å². The molecule has 2 heterocycles. The molecule has 0 amide bonds. The van der Waals surface area contributed by atoms with E-state index in [-0.39, 0.29) is 24.8 Å². The summed E-state index contributed by atoms with van der Waals surface area (Å²) in [4.78, 5) is 49.7. The number of hydrogen-bond donors (Lipinski definition) is 1. The standard InChI is InChI=1S/C15H19N3O8.ClH/c1-7(19)23-6-10-12(24-8(2)20)13(25-9(3)21)14(26-10)18-5-4-11(16)17-15(18)22;/h4-5,10,12-14H,6H2,1-3H3,(H2,16,17,22);1H/t10-,12-,13+,14?;/m1./s1. The molecule has 1 aromatic heterocycles. The summed E-state index contributed by atoms with van der Waals surface area (Å²) in [6.07, 6.45) is -3.04. The molecule has 0 bridgehead atoms. The molecule has 0 saturated carbocycles. The van der Waals surface area contributed by atoms with Gasteiger partial charge in [0.2, 0.25) is 0 Å². The third-order valence-electron chi connectivity index (χ3n) is 3.47. The van der Waals surface area contributed by atoms with Crippen LogP contribution in [0.25, 0.3) is 0 Å². The summed E-state index contributed by atoms with van der Waals surface area (Å²) in [6, 6.07) is 1.36. The van der Waals surface area contributed by atoms with Gasteiger partial charge in [-0.25, -0.2) is 4.79 Å². The third-order valence-corrected chi connectivity index (χ3v) is 3.47. The summed E-state index contributed by atoms with van der Waals surface area (Å²) in [6.45, 7) is 3.26. The minimum absolute atomic E-state index is 0. The van der Waals surface area contributed by atoms with Gasteiger partial charge in [-0.05, 0) is 6.07 Å². The Morgan fingerprint density at radius 1 is 1.15 bits per heavy atom. The van der Waals surface area contributed by atoms with Gasteiger partial charge in [0.15, 0.2) is 18.4 Å². The molecule has 1 aromatic rings. The maximum Gasteiger partial charge on any atom is 0.351 e. The van der Waals surface area contributed by atoms with Crippen LogP contribution in [-0.2, 0) is 33.3 Å². The number of carbonyl (C=O) groups excluding carboxylic acids is 3. The summed E-state index contributed by atoms with van der Waals surface area (Å²) in [5.41, 5.74) is 4.72. The number of nitrogens with two attached hydrogens (primary N) is 1. The van der Waals surface area contributed by atoms with Gasteiger partial charge in [-0.2, -0.15) is 4.98 Å². The van der Waals surface area contributed by atoms with Gasteiger partial charge < -0.3 is 24.7 Å². The molecule has 12 heteroatoms. The third kappa shape index (κ3) is 5.66. The fraction of sp³-hybridized carbons (Fsp3) is 0.533. The maximum atomic E-state index is 12.1. The smallest absolute Gasteiger partial charge is 0.351 e. The van der Waals surface area contributed by atoms with E-state index in [2.05, 4.69) is 4.98 Å². The number of halogens is 1. The van der Waals surface area contributed by atoms with Crippen molar-refractivity contribution in [3.05, 3.63) is 22.7 Å². The number of hydrogen-bond acceptors (Lipinski definition) is 10. The molecule has 150 valence electrons. The number of esters is 3. The second kappa shape index (κ2) is 9.33. The molecule has 1 saturated heterocycles. The van der Waals surface area contributed by atoms with E-state index < -0.39 is 48.1 Å². The first-order chi connectivity index (χ1) is 12.2. The van der Waals surface area contributed by atoms with E-state index in [0.717, 1.165) is 18.4 Å². The second-order valence-electron chi connectivity index (χ2n) is 5.56. The molecule has 1 aliphatic heterocycles. The first kappa shape index (κ1) is 22.4. The van der Waals surface area contributed by atoms with Crippen LogP contribution in [-0.4, -0.2) is 52.4 Å². The van der Waals surface area contributed by atoms with Crippen molar-refractivity contribution in [2.24, 2.45) is 0 Å². The van der Waals surface area contributed by atoms with Crippen LogP contribution in [0.5, 0.6) is 0 Å². The molecule has 4 atom stereocenters. The number of rotatable bonds is 5. The van der Waals surface area contributed by atoms with Gasteiger partial charge in [-0.15, -0.1) is 12.4 Å². The summed E-state index contributed by atoms with van der Waals surface area (Å²) in [5, 5.41) is 0. The van der Waals surface area contributed by atoms with Crippen molar-refractivity contribution in [2.45, 2.75) is 45.3 Å². The Hall–Kier alpha value is -2.66. The molecule has 0 aliphatic carbocycles. The molecule has 0 radical (unpaired) electrons. The highest BCUT2D eigenvalue weighted by Gasteiger charge is 2.50. The number of aromatic nitrogens is 2. The van der Waals surface area contributed by atoms with Gasteiger partial charge >= 0.3 is 23.6 Å². The molecular weight excluding hydrogens is 386 g/mol. The largest absolute Gasteiger partial charge is 0.463 e. The molecule has 0 spiro atoms. The number of anilines is 1. The van der Waals surface area contributed by atoms with Crippen molar-refractivity contribution in [2.75, 3.05) is 12.3 Å². The van der Waals surface area contributed by atoms with E-state index in [0.29, 0.717) is 0 Å². The van der Waals surface area contributed by atoms with Crippen LogP contribution < -0.4 is 11.4 Å². The molecule has 1 fully saturated rings. The first-order valence-corrected chi connectivity index (χ1v) is 7.67. The highest BCUT2D eigenvalue weighted by molar-refractivity contribution is 5.85. The SMILES string of the molecule is CC(=O)OC[C@H]1OC(n2ccc(N)nc2=O)[C@@H](OC(C)=O)[C@@H]1OC(C)=O.Cl. The Morgan fingerprint density at radius 3 is 2.26 bits per heavy atom. The molecule has 0 aromatic carbocycles. The minimum Gasteiger partial charge on any atom is -0.463 e. The fourth-order valence-corrected chi connectivity index (χ4v) is 2.54. The normalized spacial score (nSPS) is 23.8. The van der Waals surface area contributed by atoms with Crippen molar-refractivity contribution in [3.8, 4) is 0 Å². The molecule has 11 nitrogen and oxygen atoms in total. The summed E-state index contributed by atoms with van der Waals surface area (Å²) in [5.74, 6) is -1.91. The predicted octanol–water partition coefficient (Wildman–Crippen LogP) is -0.429. The lowest BCUT2D eigenvalue weighted by molar-refractivity contribution is -0.166. The number of carbonyl (C=O) groups is 3. The number of nitrogens with zero attached hydrogens (tertiary/aromatic N) is 2. The summed E-state index contributed by atoms with van der Waals surface area (Å²) >= 11 is 0. The van der Waals surface area contributed by atoms with Crippen molar-refractivity contribution in [3.63, 3.8) is 0 Å². The minimum atomic E-state index is -1.15. The molecule has 1 aliphatic rings. The number of nitrogen functional groups attached to an aromatic ring is 1. The quantitative estimate of drug-likeness (QED) is 0.505. The Morgan fingerprint density at radius 2 is 1.74 bits per heavy atom. The Labute approximate surface area is 160 Å². The Kier molecular flexibility index (Phi) is 7.73. The van der Waals surface area contributed by atoms with Gasteiger partial charge in [0.1, 0.15) is 18.5 Å². The van der Waals surface area contributed by atoms with E-state index in [1.807, 2.05) is 0 Å². The highest BCUT2D eigenvalue weighted by Crippen LogP contribution is 2.33. The molecule has 2 rings (SSSR count). The van der Waals surface area contributed by atoms with Crippen LogP contribution in [0.15, 0.2) is 17.1 Å². The lowest BCUT2D eigenvalue weighted by Crippen LogP contribution is -2.41. The van der Waals surface area contributed by atoms with Gasteiger partial charge in [0.25, 0.3) is 0 Å². The fourth-order valence-electron chi connectivity index (χ4n) is 2.54. The zero-order valence-corrected chi connectivity index (χ0v) is 15.6. The van der Waals surface area contributed by atoms with Crippen molar-refractivity contribution < 1.29 is 33.3 Å².